The molecule has 0 atom stereocenters. The SMILES string of the molecule is CN(CC1CC1)S(=O)(=O)c1ccc(CCl)cn1. The van der Waals surface area contributed by atoms with E-state index >= 15 is 0 Å². The number of nitrogens with zero attached hydrogens (tertiary/aromatic N) is 2. The molecular weight excluding hydrogens is 260 g/mol. The van der Waals surface area contributed by atoms with Crippen molar-refractivity contribution >= 4 is 21.6 Å². The summed E-state index contributed by atoms with van der Waals surface area (Å²) in [5, 5.41) is 0.0921. The van der Waals surface area contributed by atoms with Gasteiger partial charge in [-0.15, -0.1) is 11.6 Å². The second kappa shape index (κ2) is 4.92. The Morgan fingerprint density at radius 2 is 2.18 bits per heavy atom. The predicted octanol–water partition coefficient (Wildman–Crippen LogP) is 1.85. The maximum Gasteiger partial charge on any atom is 0.260 e. The minimum atomic E-state index is -3.44. The van der Waals surface area contributed by atoms with Gasteiger partial charge in [0, 0.05) is 25.7 Å². The largest absolute Gasteiger partial charge is 0.260 e. The maximum atomic E-state index is 12.1. The third-order valence-electron chi connectivity index (χ3n) is 2.84. The average molecular weight is 275 g/mol. The molecule has 6 heteroatoms. The molecule has 0 aromatic carbocycles. The van der Waals surface area contributed by atoms with Crippen molar-refractivity contribution in [3.63, 3.8) is 0 Å². The predicted molar refractivity (Wildman–Crippen MR) is 66.3 cm³/mol. The van der Waals surface area contributed by atoms with Gasteiger partial charge in [0.1, 0.15) is 0 Å². The van der Waals surface area contributed by atoms with Crippen molar-refractivity contribution in [2.45, 2.75) is 23.7 Å². The Kier molecular flexibility index (Phi) is 3.70. The zero-order chi connectivity index (χ0) is 12.5. The van der Waals surface area contributed by atoms with Gasteiger partial charge in [0.25, 0.3) is 10.0 Å². The normalized spacial score (nSPS) is 16.4. The number of rotatable bonds is 5. The van der Waals surface area contributed by atoms with Crippen molar-refractivity contribution in [3.05, 3.63) is 23.9 Å². The average Bonchev–Trinajstić information content (AvgIpc) is 3.13. The molecule has 94 valence electrons. The zero-order valence-corrected chi connectivity index (χ0v) is 11.2. The molecule has 1 saturated carbocycles. The third-order valence-corrected chi connectivity index (χ3v) is 4.89. The van der Waals surface area contributed by atoms with E-state index in [1.807, 2.05) is 0 Å². The molecule has 17 heavy (non-hydrogen) atoms. The van der Waals surface area contributed by atoms with E-state index < -0.39 is 10.0 Å². The number of hydrogen-bond donors (Lipinski definition) is 0. The summed E-state index contributed by atoms with van der Waals surface area (Å²) in [5.74, 6) is 0.863. The highest BCUT2D eigenvalue weighted by Crippen LogP contribution is 2.30. The molecule has 1 fully saturated rings. The van der Waals surface area contributed by atoms with E-state index in [2.05, 4.69) is 4.98 Å². The lowest BCUT2D eigenvalue weighted by Gasteiger charge is -2.16. The highest BCUT2D eigenvalue weighted by Gasteiger charge is 2.29. The van der Waals surface area contributed by atoms with Crippen LogP contribution in [0.5, 0.6) is 0 Å². The zero-order valence-electron chi connectivity index (χ0n) is 9.63. The quantitative estimate of drug-likeness (QED) is 0.770. The molecule has 0 saturated heterocycles. The lowest BCUT2D eigenvalue weighted by atomic mass is 10.3. The van der Waals surface area contributed by atoms with Crippen molar-refractivity contribution in [1.29, 1.82) is 0 Å². The fourth-order valence-electron chi connectivity index (χ4n) is 1.56. The van der Waals surface area contributed by atoms with E-state index in [1.54, 1.807) is 13.1 Å². The summed E-state index contributed by atoms with van der Waals surface area (Å²) < 4.78 is 25.6. The Balaban J connectivity index is 2.17. The van der Waals surface area contributed by atoms with E-state index in [0.717, 1.165) is 18.4 Å². The van der Waals surface area contributed by atoms with Gasteiger partial charge >= 0.3 is 0 Å². The van der Waals surface area contributed by atoms with Crippen molar-refractivity contribution in [3.8, 4) is 0 Å². The first kappa shape index (κ1) is 12.8. The van der Waals surface area contributed by atoms with Crippen molar-refractivity contribution < 1.29 is 8.42 Å². The summed E-state index contributed by atoms with van der Waals surface area (Å²) in [6.07, 6.45) is 3.75. The first-order chi connectivity index (χ1) is 8.04. The van der Waals surface area contributed by atoms with Crippen LogP contribution in [0, 0.1) is 5.92 Å². The lowest BCUT2D eigenvalue weighted by Crippen LogP contribution is -2.29. The molecular formula is C11H15ClN2O2S. The van der Waals surface area contributed by atoms with Gasteiger partial charge < -0.3 is 0 Å². The van der Waals surface area contributed by atoms with E-state index in [9.17, 15) is 8.42 Å². The molecule has 0 bridgehead atoms. The standard InChI is InChI=1S/C11H15ClN2O2S/c1-14(8-9-2-3-9)17(15,16)11-5-4-10(6-12)7-13-11/h4-5,7,9H,2-3,6,8H2,1H3. The monoisotopic (exact) mass is 274 g/mol. The van der Waals surface area contributed by atoms with Gasteiger partial charge in [-0.1, -0.05) is 6.07 Å². The van der Waals surface area contributed by atoms with Gasteiger partial charge in [-0.25, -0.2) is 13.4 Å². The maximum absolute atomic E-state index is 12.1. The van der Waals surface area contributed by atoms with Gasteiger partial charge in [0.05, 0.1) is 0 Å². The van der Waals surface area contributed by atoms with Gasteiger partial charge in [-0.2, -0.15) is 4.31 Å². The molecule has 0 spiro atoms. The first-order valence-corrected chi connectivity index (χ1v) is 7.48. The summed E-state index contributed by atoms with van der Waals surface area (Å²) in [4.78, 5) is 3.96. The van der Waals surface area contributed by atoms with Crippen molar-refractivity contribution in [1.82, 2.24) is 9.29 Å². The molecule has 0 unspecified atom stereocenters. The molecule has 2 rings (SSSR count). The van der Waals surface area contributed by atoms with Gasteiger partial charge in [-0.3, -0.25) is 0 Å². The van der Waals surface area contributed by atoms with Crippen LogP contribution in [0.2, 0.25) is 0 Å². The lowest BCUT2D eigenvalue weighted by molar-refractivity contribution is 0.450. The van der Waals surface area contributed by atoms with Gasteiger partial charge in [0.15, 0.2) is 5.03 Å². The van der Waals surface area contributed by atoms with Crippen LogP contribution in [0.3, 0.4) is 0 Å². The highest BCUT2D eigenvalue weighted by molar-refractivity contribution is 7.89. The van der Waals surface area contributed by atoms with Gasteiger partial charge in [-0.05, 0) is 30.4 Å². The van der Waals surface area contributed by atoms with Crippen LogP contribution in [-0.4, -0.2) is 31.3 Å². The fourth-order valence-corrected chi connectivity index (χ4v) is 2.87. The molecule has 1 aliphatic rings. The van der Waals surface area contributed by atoms with Crippen LogP contribution >= 0.6 is 11.6 Å². The second-order valence-corrected chi connectivity index (χ2v) is 6.63. The molecule has 0 aliphatic heterocycles. The molecule has 1 heterocycles. The number of aromatic nitrogens is 1. The summed E-state index contributed by atoms with van der Waals surface area (Å²) in [5.41, 5.74) is 0.815. The Morgan fingerprint density at radius 1 is 1.47 bits per heavy atom. The Morgan fingerprint density at radius 3 is 2.65 bits per heavy atom. The van der Waals surface area contributed by atoms with E-state index in [-0.39, 0.29) is 5.03 Å². The number of sulfonamides is 1. The number of hydrogen-bond acceptors (Lipinski definition) is 3. The third kappa shape index (κ3) is 2.97. The van der Waals surface area contributed by atoms with Gasteiger partial charge in [0.2, 0.25) is 0 Å². The van der Waals surface area contributed by atoms with Crippen LogP contribution in [0.4, 0.5) is 0 Å². The second-order valence-electron chi connectivity index (χ2n) is 4.37. The minimum absolute atomic E-state index is 0.0921. The minimum Gasteiger partial charge on any atom is -0.243 e. The van der Waals surface area contributed by atoms with Crippen LogP contribution in [-0.2, 0) is 15.9 Å². The smallest absolute Gasteiger partial charge is 0.243 e. The first-order valence-electron chi connectivity index (χ1n) is 5.51. The molecule has 1 aliphatic carbocycles. The summed E-state index contributed by atoms with van der Waals surface area (Å²) in [6, 6.07) is 3.20. The molecule has 1 aromatic rings. The van der Waals surface area contributed by atoms with Crippen LogP contribution in [0.15, 0.2) is 23.4 Å². The molecule has 0 amide bonds. The van der Waals surface area contributed by atoms with Crippen LogP contribution < -0.4 is 0 Å². The molecule has 1 aromatic heterocycles. The molecule has 0 radical (unpaired) electrons. The summed E-state index contributed by atoms with van der Waals surface area (Å²) in [6.45, 7) is 0.585. The topological polar surface area (TPSA) is 50.3 Å². The van der Waals surface area contributed by atoms with Crippen molar-refractivity contribution in [2.75, 3.05) is 13.6 Å². The van der Waals surface area contributed by atoms with E-state index in [4.69, 9.17) is 11.6 Å². The van der Waals surface area contributed by atoms with Crippen LogP contribution in [0.25, 0.3) is 0 Å². The van der Waals surface area contributed by atoms with Crippen LogP contribution in [0.1, 0.15) is 18.4 Å². The highest BCUT2D eigenvalue weighted by atomic mass is 35.5. The summed E-state index contributed by atoms with van der Waals surface area (Å²) in [7, 11) is -1.84. The Bertz CT molecular complexity index is 483. The number of alkyl halides is 1. The van der Waals surface area contributed by atoms with Crippen molar-refractivity contribution in [2.24, 2.45) is 5.92 Å². The summed E-state index contributed by atoms with van der Waals surface area (Å²) >= 11 is 5.63. The molecule has 0 N–H and O–H groups in total. The molecule has 4 nitrogen and oxygen atoms in total. The van der Waals surface area contributed by atoms with E-state index in [0.29, 0.717) is 18.3 Å². The number of halogens is 1. The number of pyridine rings is 1. The Labute approximate surface area is 107 Å². The Hall–Kier alpha value is -0.650. The van der Waals surface area contributed by atoms with E-state index in [1.165, 1.54) is 16.6 Å². The fraction of sp³-hybridized carbons (Fsp3) is 0.545.